The van der Waals surface area contributed by atoms with Crippen molar-refractivity contribution in [3.05, 3.63) is 70.8 Å². The van der Waals surface area contributed by atoms with E-state index in [0.29, 0.717) is 16.9 Å². The number of hydrogen-bond acceptors (Lipinski definition) is 6. The molecule has 40 heavy (non-hydrogen) atoms. The minimum absolute atomic E-state index is 0.0912. The first-order chi connectivity index (χ1) is 18.9. The number of halogens is 1. The second kappa shape index (κ2) is 8.70. The molecule has 0 aromatic heterocycles. The predicted octanol–water partition coefficient (Wildman–Crippen LogP) is 4.26. The van der Waals surface area contributed by atoms with Crippen LogP contribution >= 0.6 is 15.9 Å². The number of aryl methyl sites for hydroxylation is 2. The van der Waals surface area contributed by atoms with Gasteiger partial charge in [0.1, 0.15) is 0 Å². The lowest BCUT2D eigenvalue weighted by Crippen LogP contribution is -2.67. The van der Waals surface area contributed by atoms with Gasteiger partial charge in [-0.25, -0.2) is 14.6 Å². The van der Waals surface area contributed by atoms with Crippen LogP contribution in [-0.4, -0.2) is 40.5 Å². The van der Waals surface area contributed by atoms with Gasteiger partial charge in [0.25, 0.3) is 0 Å². The molecule has 3 aliphatic carbocycles. The molecule has 0 radical (unpaired) electrons. The number of nitrogens with zero attached hydrogens (tertiary/aromatic N) is 2. The van der Waals surface area contributed by atoms with E-state index < -0.39 is 63.0 Å². The normalized spacial score (nSPS) is 32.6. The maximum absolute atomic E-state index is 14.3. The highest BCUT2D eigenvalue weighted by Crippen LogP contribution is 2.72. The van der Waals surface area contributed by atoms with E-state index in [2.05, 4.69) is 15.9 Å². The fourth-order valence-corrected chi connectivity index (χ4v) is 8.75. The van der Waals surface area contributed by atoms with Crippen LogP contribution in [0.1, 0.15) is 31.9 Å². The van der Waals surface area contributed by atoms with Crippen molar-refractivity contribution in [1.82, 2.24) is 0 Å². The lowest BCUT2D eigenvalue weighted by atomic mass is 9.43. The second-order valence-electron chi connectivity index (χ2n) is 11.4. The summed E-state index contributed by atoms with van der Waals surface area (Å²) in [4.78, 5) is 72.8. The van der Waals surface area contributed by atoms with Gasteiger partial charge >= 0.3 is 5.97 Å². The van der Waals surface area contributed by atoms with Crippen LogP contribution in [0.4, 0.5) is 11.4 Å². The minimum atomic E-state index is -1.46. The number of anilines is 2. The fourth-order valence-electron chi connectivity index (χ4n) is 7.63. The standard InChI is InChI=1S/C31H29BrN2O6/c1-6-40-29(39)20-17(4)31(32)23-21(25(35)33(27(23)37)18-11-7-15(2)8-12-18)30(20,5)22-24(31)28(38)34(26(22)36)19-13-9-16(3)10-14-19/h7-14,21-24H,6H2,1-5H3/t21-,22+,23-,24-,30?,31?/m0/s1. The quantitative estimate of drug-likeness (QED) is 0.294. The molecule has 2 unspecified atom stereocenters. The van der Waals surface area contributed by atoms with Crippen molar-refractivity contribution in [3.8, 4) is 0 Å². The van der Waals surface area contributed by atoms with Crippen molar-refractivity contribution in [2.24, 2.45) is 29.1 Å². The van der Waals surface area contributed by atoms with Crippen LogP contribution in [0.2, 0.25) is 0 Å². The summed E-state index contributed by atoms with van der Waals surface area (Å²) in [6.45, 7) is 8.96. The van der Waals surface area contributed by atoms with E-state index in [4.69, 9.17) is 4.74 Å². The molecule has 206 valence electrons. The molecule has 3 fully saturated rings. The number of amides is 4. The van der Waals surface area contributed by atoms with Gasteiger partial charge in [0.05, 0.1) is 46.0 Å². The zero-order valence-electron chi connectivity index (χ0n) is 22.9. The molecule has 8 nitrogen and oxygen atoms in total. The number of alkyl halides is 1. The third kappa shape index (κ3) is 3.09. The van der Waals surface area contributed by atoms with Gasteiger partial charge in [0.15, 0.2) is 0 Å². The van der Waals surface area contributed by atoms with E-state index in [1.165, 1.54) is 0 Å². The number of allylic oxidation sites excluding steroid dienone is 1. The Kier molecular flexibility index (Phi) is 5.79. The molecule has 2 aromatic rings. The Hall–Kier alpha value is -3.59. The molecule has 9 heteroatoms. The minimum Gasteiger partial charge on any atom is -0.463 e. The van der Waals surface area contributed by atoms with E-state index in [-0.39, 0.29) is 12.2 Å². The molecule has 5 aliphatic rings. The SMILES string of the molecule is CCOC(=O)C1=C(C)C2(Br)[C@@H]3C(=O)N(c4ccc(C)cc4)C(=O)[C@H]3C1(C)[C@H]1C(=O)N(c3ccc(C)cc3)C(=O)[C@H]12. The molecular formula is C31H29BrN2O6. The average Bonchev–Trinajstić information content (AvgIpc) is 3.34. The summed E-state index contributed by atoms with van der Waals surface area (Å²) >= 11 is 3.79. The summed E-state index contributed by atoms with van der Waals surface area (Å²) in [6.07, 6.45) is 0. The van der Waals surface area contributed by atoms with Gasteiger partial charge in [-0.2, -0.15) is 0 Å². The lowest BCUT2D eigenvalue weighted by Gasteiger charge is -2.59. The molecule has 2 aliphatic heterocycles. The Labute approximate surface area is 240 Å². The highest BCUT2D eigenvalue weighted by molar-refractivity contribution is 9.10. The zero-order chi connectivity index (χ0) is 28.9. The average molecular weight is 605 g/mol. The Morgan fingerprint density at radius 1 is 0.750 bits per heavy atom. The summed E-state index contributed by atoms with van der Waals surface area (Å²) in [7, 11) is 0. The van der Waals surface area contributed by atoms with Gasteiger partial charge in [-0.3, -0.25) is 19.2 Å². The van der Waals surface area contributed by atoms with Crippen molar-refractivity contribution >= 4 is 56.9 Å². The topological polar surface area (TPSA) is 101 Å². The Bertz CT molecular complexity index is 1450. The van der Waals surface area contributed by atoms with Crippen LogP contribution in [-0.2, 0) is 28.7 Å². The summed E-state index contributed by atoms with van der Waals surface area (Å²) in [5, 5.41) is 0. The maximum atomic E-state index is 14.3. The largest absolute Gasteiger partial charge is 0.463 e. The smallest absolute Gasteiger partial charge is 0.334 e. The monoisotopic (exact) mass is 604 g/mol. The zero-order valence-corrected chi connectivity index (χ0v) is 24.4. The van der Waals surface area contributed by atoms with Crippen molar-refractivity contribution < 1.29 is 28.7 Å². The Balaban J connectivity index is 1.58. The van der Waals surface area contributed by atoms with Crippen LogP contribution in [0.15, 0.2) is 59.7 Å². The number of carbonyl (C=O) groups excluding carboxylic acids is 5. The van der Waals surface area contributed by atoms with Crippen LogP contribution in [0, 0.1) is 42.9 Å². The molecule has 2 bridgehead atoms. The lowest BCUT2D eigenvalue weighted by molar-refractivity contribution is -0.152. The first-order valence-electron chi connectivity index (χ1n) is 13.4. The van der Waals surface area contributed by atoms with E-state index in [0.717, 1.165) is 20.9 Å². The van der Waals surface area contributed by atoms with E-state index in [1.54, 1.807) is 45.0 Å². The van der Waals surface area contributed by atoms with Gasteiger partial charge in [0, 0.05) is 11.0 Å². The molecule has 4 amide bonds. The molecule has 7 rings (SSSR count). The molecule has 6 atom stereocenters. The Morgan fingerprint density at radius 2 is 1.12 bits per heavy atom. The van der Waals surface area contributed by atoms with Gasteiger partial charge in [-0.15, -0.1) is 0 Å². The van der Waals surface area contributed by atoms with Gasteiger partial charge in [-0.05, 0) is 57.5 Å². The highest BCUT2D eigenvalue weighted by Gasteiger charge is 2.81. The second-order valence-corrected chi connectivity index (χ2v) is 12.7. The molecule has 0 N–H and O–H groups in total. The van der Waals surface area contributed by atoms with E-state index >= 15 is 0 Å². The molecular weight excluding hydrogens is 576 g/mol. The van der Waals surface area contributed by atoms with Crippen LogP contribution < -0.4 is 9.80 Å². The fraction of sp³-hybridized carbons (Fsp3) is 0.387. The van der Waals surface area contributed by atoms with Crippen molar-refractivity contribution in [1.29, 1.82) is 0 Å². The van der Waals surface area contributed by atoms with Gasteiger partial charge < -0.3 is 4.74 Å². The number of rotatable bonds is 4. The first-order valence-corrected chi connectivity index (χ1v) is 14.2. The molecule has 2 saturated heterocycles. The summed E-state index contributed by atoms with van der Waals surface area (Å²) in [5.74, 6) is -6.67. The van der Waals surface area contributed by atoms with Crippen LogP contribution in [0.25, 0.3) is 0 Å². The Morgan fingerprint density at radius 3 is 1.50 bits per heavy atom. The molecule has 2 heterocycles. The molecule has 0 spiro atoms. The number of esters is 1. The number of benzene rings is 2. The summed E-state index contributed by atoms with van der Waals surface area (Å²) in [6, 6.07) is 14.1. The van der Waals surface area contributed by atoms with Crippen molar-refractivity contribution in [2.45, 2.75) is 38.9 Å². The van der Waals surface area contributed by atoms with E-state index in [9.17, 15) is 24.0 Å². The number of imide groups is 2. The number of hydrogen-bond donors (Lipinski definition) is 0. The maximum Gasteiger partial charge on any atom is 0.334 e. The van der Waals surface area contributed by atoms with Crippen molar-refractivity contribution in [3.63, 3.8) is 0 Å². The third-order valence-corrected chi connectivity index (χ3v) is 10.9. The van der Waals surface area contributed by atoms with Crippen molar-refractivity contribution in [2.75, 3.05) is 16.4 Å². The number of carbonyl (C=O) groups is 5. The third-order valence-electron chi connectivity index (χ3n) is 9.36. The highest BCUT2D eigenvalue weighted by atomic mass is 79.9. The predicted molar refractivity (Wildman–Crippen MR) is 150 cm³/mol. The number of ether oxygens (including phenoxy) is 1. The summed E-state index contributed by atoms with van der Waals surface area (Å²) in [5.41, 5.74) is 1.94. The van der Waals surface area contributed by atoms with Gasteiger partial charge in [-0.1, -0.05) is 58.2 Å². The molecule has 2 aromatic carbocycles. The van der Waals surface area contributed by atoms with Gasteiger partial charge in [0.2, 0.25) is 23.6 Å². The van der Waals surface area contributed by atoms with E-state index in [1.807, 2.05) is 38.1 Å². The van der Waals surface area contributed by atoms with Crippen LogP contribution in [0.3, 0.4) is 0 Å². The van der Waals surface area contributed by atoms with Crippen LogP contribution in [0.5, 0.6) is 0 Å². The summed E-state index contributed by atoms with van der Waals surface area (Å²) < 4.78 is 4.00. The first kappa shape index (κ1) is 26.6. The molecule has 1 saturated carbocycles.